The van der Waals surface area contributed by atoms with Crippen molar-refractivity contribution in [3.63, 3.8) is 0 Å². The number of nitrogens with zero attached hydrogens (tertiary/aromatic N) is 2. The zero-order valence-corrected chi connectivity index (χ0v) is 22.4. The summed E-state index contributed by atoms with van der Waals surface area (Å²) in [6.45, 7) is 3.55. The molecule has 0 bridgehead atoms. The van der Waals surface area contributed by atoms with Gasteiger partial charge in [0.25, 0.3) is 11.1 Å². The number of imide groups is 1. The number of benzene rings is 3. The first-order chi connectivity index (χ1) is 17.9. The zero-order valence-electron chi connectivity index (χ0n) is 20.1. The first-order valence-electron chi connectivity index (χ1n) is 11.9. The lowest BCUT2D eigenvalue weighted by molar-refractivity contribution is -0.123. The number of fused-ring (bicyclic) bond motifs is 1. The van der Waals surface area contributed by atoms with Crippen LogP contribution in [0.1, 0.15) is 23.1 Å². The number of amides is 2. The van der Waals surface area contributed by atoms with Crippen molar-refractivity contribution >= 4 is 63.1 Å². The Bertz CT molecular complexity index is 1510. The molecule has 1 fully saturated rings. The highest BCUT2D eigenvalue weighted by Crippen LogP contribution is 2.35. The number of para-hydroxylation sites is 1. The van der Waals surface area contributed by atoms with Gasteiger partial charge in [-0.15, -0.1) is 0 Å². The normalized spacial score (nSPS) is 14.8. The quantitative estimate of drug-likeness (QED) is 0.165. The fraction of sp³-hybridized carbons (Fsp3) is 0.172. The van der Waals surface area contributed by atoms with Crippen molar-refractivity contribution in [2.45, 2.75) is 26.4 Å². The first kappa shape index (κ1) is 25.5. The van der Waals surface area contributed by atoms with E-state index in [4.69, 9.17) is 27.9 Å². The molecule has 3 aromatic carbocycles. The third kappa shape index (κ3) is 5.72. The third-order valence-electron chi connectivity index (χ3n) is 6.14. The Kier molecular flexibility index (Phi) is 7.60. The Hall–Kier alpha value is -3.19. The molecule has 2 amide bonds. The van der Waals surface area contributed by atoms with E-state index < -0.39 is 0 Å². The van der Waals surface area contributed by atoms with Crippen LogP contribution in [0.2, 0.25) is 10.0 Å². The van der Waals surface area contributed by atoms with Crippen LogP contribution in [-0.4, -0.2) is 27.2 Å². The molecule has 1 aromatic heterocycles. The maximum Gasteiger partial charge on any atom is 0.293 e. The Morgan fingerprint density at radius 1 is 0.973 bits per heavy atom. The topological polar surface area (TPSA) is 51.5 Å². The molecule has 1 aliphatic rings. The molecule has 0 radical (unpaired) electrons. The van der Waals surface area contributed by atoms with Crippen LogP contribution in [0, 0.1) is 6.92 Å². The highest BCUT2D eigenvalue weighted by Gasteiger charge is 2.35. The summed E-state index contributed by atoms with van der Waals surface area (Å²) >= 11 is 13.0. The summed E-state index contributed by atoms with van der Waals surface area (Å²) in [5, 5.41) is 1.54. The van der Waals surface area contributed by atoms with Gasteiger partial charge in [0.15, 0.2) is 0 Å². The molecule has 0 spiro atoms. The Morgan fingerprint density at radius 2 is 1.76 bits per heavy atom. The van der Waals surface area contributed by atoms with Crippen LogP contribution in [0.4, 0.5) is 4.79 Å². The highest BCUT2D eigenvalue weighted by molar-refractivity contribution is 8.18. The lowest BCUT2D eigenvalue weighted by Gasteiger charge is -2.12. The number of thioether (sulfide) groups is 1. The van der Waals surface area contributed by atoms with Gasteiger partial charge in [0.05, 0.1) is 28.1 Å². The second-order valence-corrected chi connectivity index (χ2v) is 10.6. The predicted molar refractivity (Wildman–Crippen MR) is 151 cm³/mol. The molecule has 1 saturated heterocycles. The molecule has 5 nitrogen and oxygen atoms in total. The van der Waals surface area contributed by atoms with Crippen molar-refractivity contribution in [3.8, 4) is 5.75 Å². The molecule has 0 N–H and O–H groups in total. The second kappa shape index (κ2) is 11.1. The molecule has 8 heteroatoms. The van der Waals surface area contributed by atoms with Gasteiger partial charge in [-0.25, -0.2) is 0 Å². The van der Waals surface area contributed by atoms with Gasteiger partial charge in [0.1, 0.15) is 5.75 Å². The van der Waals surface area contributed by atoms with Crippen molar-refractivity contribution < 1.29 is 14.3 Å². The summed E-state index contributed by atoms with van der Waals surface area (Å²) in [7, 11) is 0. The van der Waals surface area contributed by atoms with Crippen LogP contribution in [0.5, 0.6) is 5.75 Å². The number of ether oxygens (including phenoxy) is 1. The summed E-state index contributed by atoms with van der Waals surface area (Å²) in [6.07, 6.45) is 4.66. The van der Waals surface area contributed by atoms with E-state index in [0.29, 0.717) is 21.6 Å². The SMILES string of the molecule is Cc1ccc(OCCCn2cc(/C=C3\SC(=O)N(Cc4ccc(Cl)c(Cl)c4)C3=O)c3ccccc32)cc1. The van der Waals surface area contributed by atoms with Crippen molar-refractivity contribution in [3.05, 3.63) is 105 Å². The Morgan fingerprint density at radius 3 is 2.54 bits per heavy atom. The molecular weight excluding hydrogens is 527 g/mol. The molecule has 0 aliphatic carbocycles. The minimum Gasteiger partial charge on any atom is -0.494 e. The first-order valence-corrected chi connectivity index (χ1v) is 13.4. The van der Waals surface area contributed by atoms with Crippen LogP contribution in [0.3, 0.4) is 0 Å². The van der Waals surface area contributed by atoms with Gasteiger partial charge < -0.3 is 9.30 Å². The van der Waals surface area contributed by atoms with E-state index in [1.54, 1.807) is 24.3 Å². The number of hydrogen-bond donors (Lipinski definition) is 0. The highest BCUT2D eigenvalue weighted by atomic mass is 35.5. The second-order valence-electron chi connectivity index (χ2n) is 8.83. The smallest absolute Gasteiger partial charge is 0.293 e. The van der Waals surface area contributed by atoms with Gasteiger partial charge in [-0.3, -0.25) is 14.5 Å². The minimum atomic E-state index is -0.315. The van der Waals surface area contributed by atoms with E-state index in [1.165, 1.54) is 10.5 Å². The van der Waals surface area contributed by atoms with E-state index >= 15 is 0 Å². The van der Waals surface area contributed by atoms with Crippen LogP contribution in [0.25, 0.3) is 17.0 Å². The van der Waals surface area contributed by atoms with Crippen LogP contribution < -0.4 is 4.74 Å². The molecule has 2 heterocycles. The maximum absolute atomic E-state index is 13.1. The molecular formula is C29H24Cl2N2O3S. The molecule has 0 saturated carbocycles. The van der Waals surface area contributed by atoms with Gasteiger partial charge in [-0.05, 0) is 67.1 Å². The van der Waals surface area contributed by atoms with Crippen molar-refractivity contribution in [2.75, 3.05) is 6.61 Å². The Labute approximate surface area is 229 Å². The van der Waals surface area contributed by atoms with Gasteiger partial charge in [-0.1, -0.05) is 65.2 Å². The summed E-state index contributed by atoms with van der Waals surface area (Å²) in [5.41, 5.74) is 3.91. The van der Waals surface area contributed by atoms with Crippen LogP contribution in [-0.2, 0) is 17.9 Å². The number of rotatable bonds is 8. The number of carbonyl (C=O) groups is 2. The summed E-state index contributed by atoms with van der Waals surface area (Å²) < 4.78 is 8.04. The van der Waals surface area contributed by atoms with E-state index in [2.05, 4.69) is 17.6 Å². The third-order valence-corrected chi connectivity index (χ3v) is 7.78. The zero-order chi connectivity index (χ0) is 25.9. The summed E-state index contributed by atoms with van der Waals surface area (Å²) in [5.74, 6) is 0.546. The number of aromatic nitrogens is 1. The van der Waals surface area contributed by atoms with Crippen molar-refractivity contribution in [1.29, 1.82) is 0 Å². The van der Waals surface area contributed by atoms with E-state index in [0.717, 1.165) is 52.5 Å². The lowest BCUT2D eigenvalue weighted by atomic mass is 10.1. The van der Waals surface area contributed by atoms with Crippen molar-refractivity contribution in [1.82, 2.24) is 9.47 Å². The van der Waals surface area contributed by atoms with E-state index in [-0.39, 0.29) is 17.7 Å². The molecule has 4 aromatic rings. The molecule has 188 valence electrons. The van der Waals surface area contributed by atoms with Crippen LogP contribution >= 0.6 is 35.0 Å². The number of carbonyl (C=O) groups excluding carboxylic acids is 2. The molecule has 5 rings (SSSR count). The molecule has 0 atom stereocenters. The predicted octanol–water partition coefficient (Wildman–Crippen LogP) is 7.96. The average molecular weight is 551 g/mol. The molecule has 0 unspecified atom stereocenters. The minimum absolute atomic E-state index is 0.141. The van der Waals surface area contributed by atoms with Gasteiger partial charge >= 0.3 is 0 Å². The monoisotopic (exact) mass is 550 g/mol. The number of hydrogen-bond acceptors (Lipinski definition) is 4. The van der Waals surface area contributed by atoms with Crippen LogP contribution in [0.15, 0.2) is 77.8 Å². The largest absolute Gasteiger partial charge is 0.494 e. The Balaban J connectivity index is 1.31. The number of aryl methyl sites for hydroxylation is 2. The molecule has 1 aliphatic heterocycles. The van der Waals surface area contributed by atoms with E-state index in [1.807, 2.05) is 48.7 Å². The number of halogens is 2. The van der Waals surface area contributed by atoms with Gasteiger partial charge in [-0.2, -0.15) is 0 Å². The fourth-order valence-electron chi connectivity index (χ4n) is 4.23. The summed E-state index contributed by atoms with van der Waals surface area (Å²) in [4.78, 5) is 27.4. The maximum atomic E-state index is 13.1. The summed E-state index contributed by atoms with van der Waals surface area (Å²) in [6, 6.07) is 21.2. The van der Waals surface area contributed by atoms with Gasteiger partial charge in [0.2, 0.25) is 0 Å². The van der Waals surface area contributed by atoms with E-state index in [9.17, 15) is 9.59 Å². The standard InChI is InChI=1S/C29H24Cl2N2O3S/c1-19-7-10-22(11-8-19)36-14-4-13-32-18-21(23-5-2-3-6-26(23)32)16-27-28(34)33(29(35)37-27)17-20-9-12-24(30)25(31)15-20/h2-3,5-12,15-16,18H,4,13-14,17H2,1H3/b27-16-. The van der Waals surface area contributed by atoms with Gasteiger partial charge in [0, 0.05) is 29.2 Å². The lowest BCUT2D eigenvalue weighted by Crippen LogP contribution is -2.27. The molecule has 37 heavy (non-hydrogen) atoms. The fourth-order valence-corrected chi connectivity index (χ4v) is 5.38. The van der Waals surface area contributed by atoms with Crippen molar-refractivity contribution in [2.24, 2.45) is 0 Å². The average Bonchev–Trinajstić information content (AvgIpc) is 3.37.